The van der Waals surface area contributed by atoms with Crippen LogP contribution in [0.5, 0.6) is 0 Å². The lowest BCUT2D eigenvalue weighted by molar-refractivity contribution is 0.0690. The standard InChI is InChI=1S/C23H38O2P2.C23H37O2P/c1-15-12-20(25-27-26)13-19(17(15)3)8-7-18-6-5-11-23(4)21(16(2)14-24)9-10-22(18)23;1-15-12-19(17(3)22(13-15)25-26)8-7-18-6-5-11-23(4)20(16(2)14-24)9-10-21(18)23/h7-8,15-16,20-22,24,27H,3,5-6,9-14,26H2,1-2,4H3;7-8,15-16,20-22,24H,3,5-6,9-14,26H2,1-2,4H3/b18-7+,19-8+;18-7+,19-8-/t15-,16+,20-,21?,22-,23+;15-,16-,20?,21+,22+,23-/m01/s1. The Morgan fingerprint density at radius 1 is 0.792 bits per heavy atom. The van der Waals surface area contributed by atoms with Crippen molar-refractivity contribution in [3.05, 3.63) is 70.9 Å². The average Bonchev–Trinajstić information content (AvgIpc) is 3.69. The molecule has 6 fully saturated rings. The summed E-state index contributed by atoms with van der Waals surface area (Å²) in [6.45, 7) is 23.4. The number of hydrogen-bond donors (Lipinski definition) is 2. The zero-order valence-electron chi connectivity index (χ0n) is 34.2. The SMILES string of the molecule is C=C1/C(=C/C=C2\CCC[C@]3(C)C([C@H](C)CO)CC[C@@H]23)C[C@@H](OPP)C[C@@H]1C.C=C1/C(=C\C=C2/CCC[C@]3(C)C([C@H](C)CO)CC[C@@H]23)C[C@@H](C)C[C@@H]1OP. The van der Waals surface area contributed by atoms with Gasteiger partial charge in [-0.1, -0.05) is 99.1 Å². The second-order valence-corrected chi connectivity index (χ2v) is 20.2. The third-order valence-corrected chi connectivity index (χ3v) is 16.7. The predicted octanol–water partition coefficient (Wildman–Crippen LogP) is 12.3. The van der Waals surface area contributed by atoms with Crippen LogP contribution in [0.15, 0.2) is 70.9 Å². The molecule has 0 aromatic heterocycles. The van der Waals surface area contributed by atoms with Crippen molar-refractivity contribution < 1.29 is 19.3 Å². The fourth-order valence-electron chi connectivity index (χ4n) is 12.4. The van der Waals surface area contributed by atoms with Crippen molar-refractivity contribution in [3.8, 4) is 0 Å². The van der Waals surface area contributed by atoms with E-state index >= 15 is 0 Å². The molecule has 0 aromatic rings. The normalized spacial score (nSPS) is 41.9. The number of aliphatic hydroxyl groups is 2. The fourth-order valence-corrected chi connectivity index (χ4v) is 13.6. The molecule has 6 rings (SSSR count). The summed E-state index contributed by atoms with van der Waals surface area (Å²) < 4.78 is 11.5. The number of rotatable bonds is 9. The molecule has 4 nitrogen and oxygen atoms in total. The lowest BCUT2D eigenvalue weighted by atomic mass is 9.61. The van der Waals surface area contributed by atoms with E-state index in [1.54, 1.807) is 11.1 Å². The van der Waals surface area contributed by atoms with E-state index in [1.165, 1.54) is 80.9 Å². The molecule has 53 heavy (non-hydrogen) atoms. The molecule has 2 N–H and O–H groups in total. The van der Waals surface area contributed by atoms with Gasteiger partial charge in [-0.3, -0.25) is 0 Å². The molecule has 0 amide bonds. The van der Waals surface area contributed by atoms with Gasteiger partial charge in [0.1, 0.15) is 0 Å². The maximum atomic E-state index is 9.72. The molecule has 0 aliphatic heterocycles. The summed E-state index contributed by atoms with van der Waals surface area (Å²) in [6.07, 6.45) is 27.1. The Kier molecular flexibility index (Phi) is 15.9. The van der Waals surface area contributed by atoms with E-state index in [4.69, 9.17) is 9.05 Å². The first-order chi connectivity index (χ1) is 25.3. The molecular weight excluding hydrogens is 709 g/mol. The molecular formula is C46H75O4P3. The van der Waals surface area contributed by atoms with E-state index in [1.807, 2.05) is 0 Å². The topological polar surface area (TPSA) is 58.9 Å². The van der Waals surface area contributed by atoms with E-state index in [9.17, 15) is 10.2 Å². The van der Waals surface area contributed by atoms with Gasteiger partial charge in [0.05, 0.1) is 12.2 Å². The van der Waals surface area contributed by atoms with Gasteiger partial charge >= 0.3 is 0 Å². The Morgan fingerprint density at radius 3 is 1.77 bits per heavy atom. The molecule has 15 atom stereocenters. The highest BCUT2D eigenvalue weighted by molar-refractivity contribution is 8.00. The number of allylic oxidation sites excluding steroid dienone is 7. The molecule has 0 saturated heterocycles. The maximum absolute atomic E-state index is 9.72. The summed E-state index contributed by atoms with van der Waals surface area (Å²) in [5.74, 6) is 4.69. The Labute approximate surface area is 330 Å². The summed E-state index contributed by atoms with van der Waals surface area (Å²) in [5.41, 5.74) is 9.23. The maximum Gasteiger partial charge on any atom is 0.0860 e. The van der Waals surface area contributed by atoms with Crippen molar-refractivity contribution in [2.45, 2.75) is 144 Å². The van der Waals surface area contributed by atoms with Gasteiger partial charge in [-0.15, -0.1) is 0 Å². The highest BCUT2D eigenvalue weighted by atomic mass is 32.0. The van der Waals surface area contributed by atoms with E-state index in [0.29, 0.717) is 86.0 Å². The Morgan fingerprint density at radius 2 is 1.30 bits per heavy atom. The van der Waals surface area contributed by atoms with Crippen molar-refractivity contribution in [2.75, 3.05) is 13.2 Å². The number of fused-ring (bicyclic) bond motifs is 2. The summed E-state index contributed by atoms with van der Waals surface area (Å²) in [7, 11) is 5.60. The van der Waals surface area contributed by atoms with Gasteiger partial charge < -0.3 is 19.3 Å². The summed E-state index contributed by atoms with van der Waals surface area (Å²) in [6, 6.07) is 0. The number of hydrogen-bond acceptors (Lipinski definition) is 4. The van der Waals surface area contributed by atoms with E-state index < -0.39 is 0 Å². The summed E-state index contributed by atoms with van der Waals surface area (Å²) in [4.78, 5) is 0. The van der Waals surface area contributed by atoms with Crippen molar-refractivity contribution in [1.82, 2.24) is 0 Å². The summed E-state index contributed by atoms with van der Waals surface area (Å²) in [5, 5.41) is 19.4. The zero-order chi connectivity index (χ0) is 38.5. The van der Waals surface area contributed by atoms with E-state index in [2.05, 4.69) is 97.4 Å². The molecule has 6 aliphatic carbocycles. The molecule has 6 saturated carbocycles. The number of aliphatic hydroxyl groups excluding tert-OH is 2. The predicted molar refractivity (Wildman–Crippen MR) is 234 cm³/mol. The van der Waals surface area contributed by atoms with Gasteiger partial charge in [0, 0.05) is 31.2 Å². The van der Waals surface area contributed by atoms with Gasteiger partial charge in [-0.2, -0.15) is 0 Å². The first kappa shape index (κ1) is 43.7. The van der Waals surface area contributed by atoms with Crippen LogP contribution >= 0.6 is 26.9 Å². The molecule has 5 unspecified atom stereocenters. The highest BCUT2D eigenvalue weighted by Gasteiger charge is 2.51. The van der Waals surface area contributed by atoms with Gasteiger partial charge in [-0.25, -0.2) is 0 Å². The third-order valence-electron chi connectivity index (χ3n) is 15.5. The highest BCUT2D eigenvalue weighted by Crippen LogP contribution is 2.60. The monoisotopic (exact) mass is 784 g/mol. The largest absolute Gasteiger partial charge is 0.396 e. The molecule has 7 heteroatoms. The van der Waals surface area contributed by atoms with Gasteiger partial charge in [0.2, 0.25) is 0 Å². The average molecular weight is 785 g/mol. The second kappa shape index (κ2) is 19.3. The molecule has 0 spiro atoms. The molecule has 6 aliphatic rings. The van der Waals surface area contributed by atoms with Crippen molar-refractivity contribution in [1.29, 1.82) is 0 Å². The first-order valence-electron chi connectivity index (χ1n) is 21.2. The van der Waals surface area contributed by atoms with Crippen LogP contribution in [0.25, 0.3) is 0 Å². The molecule has 0 radical (unpaired) electrons. The van der Waals surface area contributed by atoms with Crippen molar-refractivity contribution >= 4 is 26.9 Å². The van der Waals surface area contributed by atoms with Gasteiger partial charge in [0.15, 0.2) is 0 Å². The van der Waals surface area contributed by atoms with Crippen LogP contribution in [0.4, 0.5) is 0 Å². The van der Waals surface area contributed by atoms with Crippen molar-refractivity contribution in [2.24, 2.45) is 58.2 Å². The smallest absolute Gasteiger partial charge is 0.0860 e. The van der Waals surface area contributed by atoms with Crippen LogP contribution in [-0.2, 0) is 9.05 Å². The van der Waals surface area contributed by atoms with Gasteiger partial charge in [0.25, 0.3) is 0 Å². The van der Waals surface area contributed by atoms with Crippen molar-refractivity contribution in [3.63, 3.8) is 0 Å². The van der Waals surface area contributed by atoms with Crippen LogP contribution in [0, 0.1) is 58.2 Å². The lowest BCUT2D eigenvalue weighted by Gasteiger charge is -2.44. The van der Waals surface area contributed by atoms with Crippen LogP contribution in [0.3, 0.4) is 0 Å². The molecule has 0 heterocycles. The Hall–Kier alpha value is -0.430. The fraction of sp³-hybridized carbons (Fsp3) is 0.739. The van der Waals surface area contributed by atoms with Crippen LogP contribution in [0.2, 0.25) is 0 Å². The van der Waals surface area contributed by atoms with Gasteiger partial charge in [-0.05, 0) is 170 Å². The minimum atomic E-state index is 0.145. The first-order valence-corrected chi connectivity index (χ1v) is 24.4. The molecule has 0 bridgehead atoms. The minimum absolute atomic E-state index is 0.145. The second-order valence-electron chi connectivity index (χ2n) is 18.8. The third kappa shape index (κ3) is 9.65. The van der Waals surface area contributed by atoms with E-state index in [0.717, 1.165) is 31.3 Å². The Bertz CT molecular complexity index is 1410. The quantitative estimate of drug-likeness (QED) is 0.229. The lowest BCUT2D eigenvalue weighted by Crippen LogP contribution is -2.36. The molecule has 298 valence electrons. The Balaban J connectivity index is 0.000000204. The molecule has 0 aromatic carbocycles. The zero-order valence-corrected chi connectivity index (χ0v) is 37.5. The minimum Gasteiger partial charge on any atom is -0.396 e. The van der Waals surface area contributed by atoms with Crippen LogP contribution in [-0.4, -0.2) is 35.6 Å². The van der Waals surface area contributed by atoms with E-state index in [-0.39, 0.29) is 6.10 Å². The summed E-state index contributed by atoms with van der Waals surface area (Å²) >= 11 is 0. The van der Waals surface area contributed by atoms with Crippen LogP contribution < -0.4 is 0 Å². The van der Waals surface area contributed by atoms with Crippen LogP contribution in [0.1, 0.15) is 131 Å².